The first-order chi connectivity index (χ1) is 17.0. The average Bonchev–Trinajstić information content (AvgIpc) is 3.23. The van der Waals surface area contributed by atoms with Crippen LogP contribution in [0.4, 0.5) is 0 Å². The molecule has 0 fully saturated rings. The summed E-state index contributed by atoms with van der Waals surface area (Å²) in [6.07, 6.45) is 0. The van der Waals surface area contributed by atoms with Gasteiger partial charge in [-0.2, -0.15) is 0 Å². The standard InChI is InChI=1S/C26H23N3O5S/c1-2-34-25(33)23-22(18-11-7-4-8-12-18)29(16-17-9-5-3-6-10-17)26(35-23)28-27-24(32)20-15-19(30)13-14-21(20)31/h3-15,30-31H,2,16H2,1H3,(H,27,32)/b28-26+. The maximum Gasteiger partial charge on any atom is 0.350 e. The molecule has 0 saturated heterocycles. The van der Waals surface area contributed by atoms with E-state index in [1.54, 1.807) is 6.92 Å². The molecule has 4 rings (SSSR count). The van der Waals surface area contributed by atoms with Crippen molar-refractivity contribution < 1.29 is 24.5 Å². The van der Waals surface area contributed by atoms with Crippen LogP contribution in [-0.2, 0) is 11.3 Å². The Morgan fingerprint density at radius 1 is 1.00 bits per heavy atom. The Balaban J connectivity index is 1.85. The monoisotopic (exact) mass is 489 g/mol. The fraction of sp³-hybridized carbons (Fsp3) is 0.115. The maximum atomic E-state index is 12.9. The summed E-state index contributed by atoms with van der Waals surface area (Å²) in [6.45, 7) is 2.33. The molecule has 0 aliphatic rings. The van der Waals surface area contributed by atoms with Crippen LogP contribution in [0.1, 0.15) is 32.5 Å². The summed E-state index contributed by atoms with van der Waals surface area (Å²) in [5.74, 6) is -1.66. The van der Waals surface area contributed by atoms with E-state index in [0.717, 1.165) is 28.5 Å². The minimum absolute atomic E-state index is 0.131. The van der Waals surface area contributed by atoms with Gasteiger partial charge >= 0.3 is 5.97 Å². The highest BCUT2D eigenvalue weighted by Gasteiger charge is 2.23. The zero-order valence-electron chi connectivity index (χ0n) is 18.8. The topological polar surface area (TPSA) is 113 Å². The van der Waals surface area contributed by atoms with Crippen LogP contribution in [0.2, 0.25) is 0 Å². The number of benzene rings is 3. The molecule has 0 aliphatic heterocycles. The van der Waals surface area contributed by atoms with Gasteiger partial charge in [0.15, 0.2) is 0 Å². The van der Waals surface area contributed by atoms with Crippen LogP contribution >= 0.6 is 11.3 Å². The quantitative estimate of drug-likeness (QED) is 0.206. The van der Waals surface area contributed by atoms with Crippen molar-refractivity contribution in [3.05, 3.63) is 99.7 Å². The van der Waals surface area contributed by atoms with Crippen LogP contribution in [-0.4, -0.2) is 33.3 Å². The van der Waals surface area contributed by atoms with E-state index in [9.17, 15) is 19.8 Å². The number of phenolic OH excluding ortho intramolecular Hbond substituents is 2. The van der Waals surface area contributed by atoms with Gasteiger partial charge in [0, 0.05) is 0 Å². The summed E-state index contributed by atoms with van der Waals surface area (Å²) in [6, 6.07) is 22.7. The zero-order chi connectivity index (χ0) is 24.8. The van der Waals surface area contributed by atoms with Gasteiger partial charge in [0.2, 0.25) is 4.80 Å². The molecule has 35 heavy (non-hydrogen) atoms. The number of carbonyl (C=O) groups is 2. The molecule has 178 valence electrons. The van der Waals surface area contributed by atoms with E-state index in [0.29, 0.717) is 21.9 Å². The first-order valence-electron chi connectivity index (χ1n) is 10.8. The van der Waals surface area contributed by atoms with Crippen LogP contribution in [0.5, 0.6) is 11.5 Å². The minimum Gasteiger partial charge on any atom is -0.508 e. The Kier molecular flexibility index (Phi) is 7.27. The largest absolute Gasteiger partial charge is 0.508 e. The summed E-state index contributed by atoms with van der Waals surface area (Å²) in [7, 11) is 0. The molecule has 3 N–H and O–H groups in total. The van der Waals surface area contributed by atoms with Gasteiger partial charge < -0.3 is 19.5 Å². The number of nitrogens with one attached hydrogen (secondary N) is 1. The molecule has 0 bridgehead atoms. The van der Waals surface area contributed by atoms with E-state index in [1.165, 1.54) is 12.1 Å². The third-order valence-electron chi connectivity index (χ3n) is 5.08. The molecule has 0 aliphatic carbocycles. The number of phenols is 2. The van der Waals surface area contributed by atoms with Crippen molar-refractivity contribution in [1.82, 2.24) is 9.99 Å². The predicted octanol–water partition coefficient (Wildman–Crippen LogP) is 4.10. The molecule has 1 aromatic heterocycles. The number of aromatic nitrogens is 1. The van der Waals surface area contributed by atoms with Crippen LogP contribution in [0, 0.1) is 0 Å². The van der Waals surface area contributed by atoms with E-state index in [-0.39, 0.29) is 23.7 Å². The summed E-state index contributed by atoms with van der Waals surface area (Å²) < 4.78 is 7.14. The minimum atomic E-state index is -0.711. The highest BCUT2D eigenvalue weighted by atomic mass is 32.1. The molecule has 0 radical (unpaired) electrons. The fourth-order valence-corrected chi connectivity index (χ4v) is 4.50. The number of carbonyl (C=O) groups excluding carboxylic acids is 2. The zero-order valence-corrected chi connectivity index (χ0v) is 19.7. The van der Waals surface area contributed by atoms with Crippen molar-refractivity contribution in [2.24, 2.45) is 5.10 Å². The summed E-state index contributed by atoms with van der Waals surface area (Å²) in [5.41, 5.74) is 4.67. The van der Waals surface area contributed by atoms with Crippen molar-refractivity contribution in [3.8, 4) is 22.8 Å². The summed E-state index contributed by atoms with van der Waals surface area (Å²) >= 11 is 1.09. The van der Waals surface area contributed by atoms with Crippen LogP contribution < -0.4 is 10.2 Å². The molecule has 9 heteroatoms. The molecule has 8 nitrogen and oxygen atoms in total. The summed E-state index contributed by atoms with van der Waals surface area (Å²) in [4.78, 5) is 26.3. The number of amides is 1. The van der Waals surface area contributed by atoms with E-state index in [1.807, 2.05) is 65.2 Å². The van der Waals surface area contributed by atoms with E-state index < -0.39 is 11.9 Å². The van der Waals surface area contributed by atoms with Gasteiger partial charge in [-0.25, -0.2) is 10.2 Å². The van der Waals surface area contributed by atoms with E-state index >= 15 is 0 Å². The first-order valence-corrected chi connectivity index (χ1v) is 11.7. The van der Waals surface area contributed by atoms with E-state index in [4.69, 9.17) is 4.74 Å². The van der Waals surface area contributed by atoms with Crippen molar-refractivity contribution in [1.29, 1.82) is 0 Å². The lowest BCUT2D eigenvalue weighted by Crippen LogP contribution is -2.25. The van der Waals surface area contributed by atoms with Gasteiger partial charge in [-0.05, 0) is 36.2 Å². The van der Waals surface area contributed by atoms with Crippen molar-refractivity contribution in [3.63, 3.8) is 0 Å². The smallest absolute Gasteiger partial charge is 0.350 e. The highest BCUT2D eigenvalue weighted by Crippen LogP contribution is 2.28. The normalized spacial score (nSPS) is 11.3. The molecular weight excluding hydrogens is 466 g/mol. The molecule has 1 amide bonds. The molecule has 0 atom stereocenters. The van der Waals surface area contributed by atoms with Crippen LogP contribution in [0.15, 0.2) is 84.0 Å². The van der Waals surface area contributed by atoms with Gasteiger partial charge in [-0.1, -0.05) is 72.0 Å². The van der Waals surface area contributed by atoms with E-state index in [2.05, 4.69) is 10.5 Å². The van der Waals surface area contributed by atoms with Crippen molar-refractivity contribution in [2.75, 3.05) is 6.61 Å². The Morgan fingerprint density at radius 2 is 1.69 bits per heavy atom. The number of nitrogens with zero attached hydrogens (tertiary/aromatic N) is 2. The number of aromatic hydroxyl groups is 2. The second-order valence-corrected chi connectivity index (χ2v) is 8.45. The van der Waals surface area contributed by atoms with Gasteiger partial charge in [-0.3, -0.25) is 4.79 Å². The second-order valence-electron chi connectivity index (χ2n) is 7.47. The summed E-state index contributed by atoms with van der Waals surface area (Å²) in [5, 5.41) is 24.0. The second kappa shape index (κ2) is 10.7. The molecule has 3 aromatic carbocycles. The lowest BCUT2D eigenvalue weighted by Gasteiger charge is -2.11. The molecule has 0 unspecified atom stereocenters. The molecule has 4 aromatic rings. The number of rotatable bonds is 7. The number of hydrogen-bond donors (Lipinski definition) is 3. The van der Waals surface area contributed by atoms with Gasteiger partial charge in [0.05, 0.1) is 24.4 Å². The predicted molar refractivity (Wildman–Crippen MR) is 132 cm³/mol. The highest BCUT2D eigenvalue weighted by molar-refractivity contribution is 7.11. The number of thiazole rings is 1. The van der Waals surface area contributed by atoms with Crippen LogP contribution in [0.3, 0.4) is 0 Å². The Hall–Kier alpha value is -4.37. The van der Waals surface area contributed by atoms with Gasteiger partial charge in [0.1, 0.15) is 16.4 Å². The van der Waals surface area contributed by atoms with Crippen LogP contribution in [0.25, 0.3) is 11.3 Å². The van der Waals surface area contributed by atoms with Gasteiger partial charge in [-0.15, -0.1) is 5.10 Å². The number of esters is 1. The average molecular weight is 490 g/mol. The van der Waals surface area contributed by atoms with Crippen molar-refractivity contribution in [2.45, 2.75) is 13.5 Å². The third-order valence-corrected chi connectivity index (χ3v) is 6.14. The third kappa shape index (κ3) is 5.42. The SMILES string of the molecule is CCOC(=O)c1s/c(=N/NC(=O)c2cc(O)ccc2O)n(Cc2ccccc2)c1-c1ccccc1. The van der Waals surface area contributed by atoms with Crippen molar-refractivity contribution >= 4 is 23.2 Å². The molecule has 0 spiro atoms. The Bertz CT molecular complexity index is 1410. The number of hydrogen-bond acceptors (Lipinski definition) is 7. The molecule has 0 saturated carbocycles. The molecular formula is C26H23N3O5S. The molecule has 1 heterocycles. The van der Waals surface area contributed by atoms with Gasteiger partial charge in [0.25, 0.3) is 5.91 Å². The lowest BCUT2D eigenvalue weighted by molar-refractivity contribution is 0.0532. The first kappa shape index (κ1) is 23.8. The Morgan fingerprint density at radius 3 is 2.37 bits per heavy atom. The maximum absolute atomic E-state index is 12.9. The Labute approximate surface area is 205 Å². The lowest BCUT2D eigenvalue weighted by atomic mass is 10.1. The number of ether oxygens (including phenoxy) is 1. The fourth-order valence-electron chi connectivity index (χ4n) is 3.49.